The van der Waals surface area contributed by atoms with E-state index in [9.17, 15) is 15.0 Å². The van der Waals surface area contributed by atoms with Gasteiger partial charge >= 0.3 is 5.97 Å². The fraction of sp³-hybridized carbons (Fsp3) is 0.333. The second-order valence-corrected chi connectivity index (χ2v) is 3.74. The number of carboxylic acid groups (broad SMARTS) is 1. The zero-order valence-corrected chi connectivity index (χ0v) is 9.25. The monoisotopic (exact) mass is 275 g/mol. The minimum absolute atomic E-state index is 0.367. The molecule has 0 amide bonds. The van der Waals surface area contributed by atoms with Crippen molar-refractivity contribution in [2.24, 2.45) is 0 Å². The minimum atomic E-state index is -1.34. The van der Waals surface area contributed by atoms with Crippen LogP contribution in [0.1, 0.15) is 18.1 Å². The Kier molecular flexibility index (Phi) is 4.19. The molecule has 5 nitrogen and oxygen atoms in total. The summed E-state index contributed by atoms with van der Waals surface area (Å²) < 4.78 is 0.391. The molecular weight excluding hydrogens is 266 g/mol. The molecule has 0 aliphatic heterocycles. The Balaban J connectivity index is 2.80. The lowest BCUT2D eigenvalue weighted by atomic mass is 10.0. The van der Waals surface area contributed by atoms with Crippen LogP contribution < -0.4 is 0 Å². The summed E-state index contributed by atoms with van der Waals surface area (Å²) in [6.45, 7) is 0. The number of aliphatic carboxylic acids is 1. The second kappa shape index (κ2) is 5.20. The molecule has 0 saturated carbocycles. The van der Waals surface area contributed by atoms with Gasteiger partial charge in [0.25, 0.3) is 0 Å². The highest BCUT2D eigenvalue weighted by Crippen LogP contribution is 2.24. The fourth-order valence-corrected chi connectivity index (χ4v) is 1.60. The largest absolute Gasteiger partial charge is 0.481 e. The van der Waals surface area contributed by atoms with Crippen molar-refractivity contribution in [1.82, 2.24) is 4.98 Å². The van der Waals surface area contributed by atoms with E-state index in [0.29, 0.717) is 10.2 Å². The summed E-state index contributed by atoms with van der Waals surface area (Å²) in [7, 11) is 0. The highest BCUT2D eigenvalue weighted by atomic mass is 79.9. The number of aliphatic hydroxyl groups is 2. The van der Waals surface area contributed by atoms with E-state index in [1.807, 2.05) is 0 Å². The van der Waals surface area contributed by atoms with E-state index >= 15 is 0 Å². The molecule has 82 valence electrons. The first-order valence-corrected chi connectivity index (χ1v) is 5.00. The van der Waals surface area contributed by atoms with E-state index in [2.05, 4.69) is 20.9 Å². The third kappa shape index (κ3) is 3.26. The highest BCUT2D eigenvalue weighted by molar-refractivity contribution is 9.10. The maximum atomic E-state index is 10.3. The van der Waals surface area contributed by atoms with Crippen LogP contribution in [-0.4, -0.2) is 32.4 Å². The molecule has 0 radical (unpaired) electrons. The molecule has 0 aromatic carbocycles. The van der Waals surface area contributed by atoms with Crippen molar-refractivity contribution >= 4 is 21.9 Å². The molecule has 1 heterocycles. The Morgan fingerprint density at radius 2 is 2.20 bits per heavy atom. The van der Waals surface area contributed by atoms with Gasteiger partial charge in [-0.25, -0.2) is 4.98 Å². The molecule has 3 N–H and O–H groups in total. The average Bonchev–Trinajstić information content (AvgIpc) is 2.16. The number of aliphatic hydroxyl groups excluding tert-OH is 2. The molecule has 2 atom stereocenters. The molecule has 15 heavy (non-hydrogen) atoms. The van der Waals surface area contributed by atoms with Gasteiger partial charge in [0.2, 0.25) is 0 Å². The number of carboxylic acids is 1. The topological polar surface area (TPSA) is 90.7 Å². The third-order valence-corrected chi connectivity index (χ3v) is 2.52. The van der Waals surface area contributed by atoms with Gasteiger partial charge in [0.05, 0.1) is 12.5 Å². The summed E-state index contributed by atoms with van der Waals surface area (Å²) in [4.78, 5) is 14.2. The summed E-state index contributed by atoms with van der Waals surface area (Å²) in [6, 6.07) is 3.16. The van der Waals surface area contributed by atoms with Crippen molar-refractivity contribution in [3.05, 3.63) is 28.5 Å². The molecular formula is C9H10BrNO4. The van der Waals surface area contributed by atoms with Crippen molar-refractivity contribution in [3.8, 4) is 0 Å². The van der Waals surface area contributed by atoms with E-state index in [-0.39, 0.29) is 0 Å². The second-order valence-electron chi connectivity index (χ2n) is 2.99. The standard InChI is InChI=1S/C9H10BrNO4/c10-9-5(2-1-3-11-9)8(15)6(12)4-7(13)14/h1-3,6,8,12,15H,4H2,(H,13,14). The van der Waals surface area contributed by atoms with Crippen molar-refractivity contribution in [2.45, 2.75) is 18.6 Å². The van der Waals surface area contributed by atoms with Gasteiger partial charge in [-0.3, -0.25) is 4.79 Å². The number of hydrogen-bond acceptors (Lipinski definition) is 4. The number of halogens is 1. The number of pyridine rings is 1. The van der Waals surface area contributed by atoms with Gasteiger partial charge in [-0.2, -0.15) is 0 Å². The maximum absolute atomic E-state index is 10.3. The van der Waals surface area contributed by atoms with Crippen LogP contribution in [0.5, 0.6) is 0 Å². The molecule has 0 saturated heterocycles. The normalized spacial score (nSPS) is 14.6. The molecule has 0 bridgehead atoms. The van der Waals surface area contributed by atoms with Gasteiger partial charge < -0.3 is 15.3 Å². The van der Waals surface area contributed by atoms with Crippen molar-refractivity contribution in [3.63, 3.8) is 0 Å². The molecule has 0 aliphatic carbocycles. The summed E-state index contributed by atoms with van der Waals surface area (Å²) in [6.07, 6.45) is -1.60. The van der Waals surface area contributed by atoms with E-state index in [4.69, 9.17) is 5.11 Å². The van der Waals surface area contributed by atoms with Crippen molar-refractivity contribution < 1.29 is 20.1 Å². The third-order valence-electron chi connectivity index (χ3n) is 1.85. The fourth-order valence-electron chi connectivity index (χ4n) is 1.12. The van der Waals surface area contributed by atoms with Gasteiger partial charge in [-0.05, 0) is 22.0 Å². The minimum Gasteiger partial charge on any atom is -0.481 e. The summed E-state index contributed by atoms with van der Waals surface area (Å²) in [5.74, 6) is -1.17. The highest BCUT2D eigenvalue weighted by Gasteiger charge is 2.23. The molecule has 0 aliphatic rings. The summed E-state index contributed by atoms with van der Waals surface area (Å²) in [5.41, 5.74) is 0.367. The first-order valence-electron chi connectivity index (χ1n) is 4.20. The SMILES string of the molecule is O=C(O)CC(O)C(O)c1cccnc1Br. The maximum Gasteiger partial charge on any atom is 0.306 e. The lowest BCUT2D eigenvalue weighted by molar-refractivity contribution is -0.141. The van der Waals surface area contributed by atoms with Gasteiger partial charge in [-0.15, -0.1) is 0 Å². The van der Waals surface area contributed by atoms with E-state index in [1.54, 1.807) is 12.1 Å². The van der Waals surface area contributed by atoms with Crippen LogP contribution in [0.4, 0.5) is 0 Å². The zero-order chi connectivity index (χ0) is 11.4. The Morgan fingerprint density at radius 1 is 1.53 bits per heavy atom. The molecule has 1 aromatic rings. The predicted molar refractivity (Wildman–Crippen MR) is 55.2 cm³/mol. The van der Waals surface area contributed by atoms with Crippen LogP contribution in [0, 0.1) is 0 Å². The summed E-state index contributed by atoms with van der Waals surface area (Å²) >= 11 is 3.10. The number of hydrogen-bond donors (Lipinski definition) is 3. The molecule has 2 unspecified atom stereocenters. The van der Waals surface area contributed by atoms with Crippen LogP contribution in [0.2, 0.25) is 0 Å². The number of carbonyl (C=O) groups is 1. The van der Waals surface area contributed by atoms with Gasteiger partial charge in [-0.1, -0.05) is 6.07 Å². The Hall–Kier alpha value is -0.980. The quantitative estimate of drug-likeness (QED) is 0.705. The number of rotatable bonds is 4. The van der Waals surface area contributed by atoms with Crippen LogP contribution >= 0.6 is 15.9 Å². The van der Waals surface area contributed by atoms with E-state index in [1.165, 1.54) is 6.20 Å². The van der Waals surface area contributed by atoms with Gasteiger partial charge in [0.15, 0.2) is 0 Å². The molecule has 0 spiro atoms. The lowest BCUT2D eigenvalue weighted by Gasteiger charge is -2.16. The van der Waals surface area contributed by atoms with Crippen molar-refractivity contribution in [2.75, 3.05) is 0 Å². The van der Waals surface area contributed by atoms with E-state index in [0.717, 1.165) is 0 Å². The summed E-state index contributed by atoms with van der Waals surface area (Å²) in [5, 5.41) is 27.5. The Labute approximate surface area is 94.5 Å². The van der Waals surface area contributed by atoms with Crippen LogP contribution in [0.3, 0.4) is 0 Å². The van der Waals surface area contributed by atoms with Crippen LogP contribution in [0.25, 0.3) is 0 Å². The molecule has 0 fully saturated rings. The van der Waals surface area contributed by atoms with E-state index < -0.39 is 24.6 Å². The predicted octanol–water partition coefficient (Wildman–Crippen LogP) is 0.713. The molecule has 6 heteroatoms. The zero-order valence-electron chi connectivity index (χ0n) is 7.67. The van der Waals surface area contributed by atoms with Gasteiger partial charge in [0.1, 0.15) is 10.7 Å². The Morgan fingerprint density at radius 3 is 2.73 bits per heavy atom. The lowest BCUT2D eigenvalue weighted by Crippen LogP contribution is -2.22. The van der Waals surface area contributed by atoms with Gasteiger partial charge in [0, 0.05) is 11.8 Å². The smallest absolute Gasteiger partial charge is 0.306 e. The number of nitrogens with zero attached hydrogens (tertiary/aromatic N) is 1. The van der Waals surface area contributed by atoms with Crippen LogP contribution in [-0.2, 0) is 4.79 Å². The first kappa shape index (κ1) is 12.1. The first-order chi connectivity index (χ1) is 7.02. The van der Waals surface area contributed by atoms with Crippen LogP contribution in [0.15, 0.2) is 22.9 Å². The molecule has 1 rings (SSSR count). The van der Waals surface area contributed by atoms with Crippen molar-refractivity contribution in [1.29, 1.82) is 0 Å². The average molecular weight is 276 g/mol. The Bertz CT molecular complexity index is 358. The number of aromatic nitrogens is 1. The molecule has 1 aromatic heterocycles.